The van der Waals surface area contributed by atoms with Gasteiger partial charge in [0.25, 0.3) is 5.56 Å². The third-order valence-electron chi connectivity index (χ3n) is 1.94. The Morgan fingerprint density at radius 1 is 1.53 bits per heavy atom. The summed E-state index contributed by atoms with van der Waals surface area (Å²) in [6.45, 7) is 2.10. The maximum Gasteiger partial charge on any atom is 0.269 e. The van der Waals surface area contributed by atoms with Gasteiger partial charge in [0, 0.05) is 12.7 Å². The summed E-state index contributed by atoms with van der Waals surface area (Å²) in [7, 11) is -2.27. The van der Waals surface area contributed by atoms with E-state index in [1.54, 1.807) is 6.92 Å². The monoisotopic (exact) mass is 250 g/mol. The molecule has 0 aromatic carbocycles. The van der Waals surface area contributed by atoms with E-state index >= 15 is 0 Å². The first-order chi connectivity index (χ1) is 6.92. The van der Waals surface area contributed by atoms with Crippen molar-refractivity contribution in [2.75, 3.05) is 7.05 Å². The second-order valence-electron chi connectivity index (χ2n) is 2.82. The van der Waals surface area contributed by atoms with E-state index in [2.05, 4.69) is 4.72 Å². The van der Waals surface area contributed by atoms with Gasteiger partial charge in [0.05, 0.1) is 4.90 Å². The van der Waals surface area contributed by atoms with Crippen LogP contribution in [0.5, 0.6) is 0 Å². The van der Waals surface area contributed by atoms with E-state index in [0.717, 1.165) is 6.07 Å². The average Bonchev–Trinajstić information content (AvgIpc) is 2.21. The van der Waals surface area contributed by atoms with Crippen molar-refractivity contribution in [2.45, 2.75) is 18.4 Å². The number of rotatable bonds is 3. The molecule has 0 amide bonds. The normalized spacial score (nSPS) is 11.7. The fourth-order valence-corrected chi connectivity index (χ4v) is 2.14. The Hall–Kier alpha value is -0.850. The number of aryl methyl sites for hydroxylation is 1. The van der Waals surface area contributed by atoms with Crippen molar-refractivity contribution in [1.82, 2.24) is 9.29 Å². The van der Waals surface area contributed by atoms with Gasteiger partial charge in [0.2, 0.25) is 10.0 Å². The highest BCUT2D eigenvalue weighted by molar-refractivity contribution is 7.89. The van der Waals surface area contributed by atoms with Crippen LogP contribution in [0.25, 0.3) is 0 Å². The molecule has 0 atom stereocenters. The van der Waals surface area contributed by atoms with Crippen molar-refractivity contribution in [2.24, 2.45) is 0 Å². The van der Waals surface area contributed by atoms with Gasteiger partial charge in [-0.3, -0.25) is 4.79 Å². The fraction of sp³-hybridized carbons (Fsp3) is 0.375. The third kappa shape index (κ3) is 2.39. The number of hydrogen-bond donors (Lipinski definition) is 1. The quantitative estimate of drug-likeness (QED) is 0.846. The van der Waals surface area contributed by atoms with Crippen LogP contribution in [-0.2, 0) is 16.6 Å². The van der Waals surface area contributed by atoms with Crippen LogP contribution in [0.4, 0.5) is 0 Å². The molecule has 0 aliphatic carbocycles. The van der Waals surface area contributed by atoms with Crippen LogP contribution in [0.15, 0.2) is 22.0 Å². The van der Waals surface area contributed by atoms with E-state index in [0.29, 0.717) is 6.54 Å². The molecule has 0 spiro atoms. The van der Waals surface area contributed by atoms with E-state index in [9.17, 15) is 13.2 Å². The van der Waals surface area contributed by atoms with Crippen LogP contribution in [0.1, 0.15) is 6.92 Å². The van der Waals surface area contributed by atoms with Gasteiger partial charge in [-0.25, -0.2) is 13.1 Å². The molecule has 0 bridgehead atoms. The van der Waals surface area contributed by atoms with Gasteiger partial charge in [0.15, 0.2) is 0 Å². The fourth-order valence-electron chi connectivity index (χ4n) is 1.07. The lowest BCUT2D eigenvalue weighted by Crippen LogP contribution is -2.24. The van der Waals surface area contributed by atoms with Crippen LogP contribution in [0.3, 0.4) is 0 Å². The third-order valence-corrected chi connectivity index (χ3v) is 3.59. The molecule has 7 heteroatoms. The number of nitrogens with one attached hydrogen (secondary N) is 1. The van der Waals surface area contributed by atoms with Crippen molar-refractivity contribution in [3.05, 3.63) is 27.6 Å². The summed E-state index contributed by atoms with van der Waals surface area (Å²) >= 11 is 5.64. The predicted molar refractivity (Wildman–Crippen MR) is 57.6 cm³/mol. The summed E-state index contributed by atoms with van der Waals surface area (Å²) in [6.07, 6.45) is 1.26. The molecule has 5 nitrogen and oxygen atoms in total. The number of halogens is 1. The first-order valence-corrected chi connectivity index (χ1v) is 6.12. The molecule has 84 valence electrons. The van der Waals surface area contributed by atoms with E-state index in [-0.39, 0.29) is 9.92 Å². The van der Waals surface area contributed by atoms with Gasteiger partial charge in [-0.2, -0.15) is 0 Å². The molecule has 1 aromatic heterocycles. The number of pyridine rings is 1. The molecule has 0 radical (unpaired) electrons. The second kappa shape index (κ2) is 4.34. The predicted octanol–water partition coefficient (Wildman–Crippen LogP) is 0.430. The minimum absolute atomic E-state index is 0.0172. The Morgan fingerprint density at radius 2 is 2.13 bits per heavy atom. The Balaban J connectivity index is 3.49. The van der Waals surface area contributed by atoms with Crippen molar-refractivity contribution in [1.29, 1.82) is 0 Å². The van der Waals surface area contributed by atoms with Crippen molar-refractivity contribution in [3.63, 3.8) is 0 Å². The van der Waals surface area contributed by atoms with Crippen LogP contribution >= 0.6 is 11.6 Å². The highest BCUT2D eigenvalue weighted by Gasteiger charge is 2.14. The molecule has 1 rings (SSSR count). The van der Waals surface area contributed by atoms with Crippen molar-refractivity contribution >= 4 is 21.6 Å². The van der Waals surface area contributed by atoms with Gasteiger partial charge < -0.3 is 4.57 Å². The lowest BCUT2D eigenvalue weighted by molar-refractivity contribution is 0.585. The summed E-state index contributed by atoms with van der Waals surface area (Å²) in [6, 6.07) is 1.14. The lowest BCUT2D eigenvalue weighted by atomic mass is 10.4. The first kappa shape index (κ1) is 12.2. The molecule has 0 aliphatic rings. The molecule has 0 fully saturated rings. The van der Waals surface area contributed by atoms with E-state index < -0.39 is 15.6 Å². The van der Waals surface area contributed by atoms with Crippen LogP contribution in [0, 0.1) is 0 Å². The standard InChI is InChI=1S/C8H11ClN2O3S/c1-3-11-5-6(15(13,14)10-2)4-7(9)8(11)12/h4-5,10H,3H2,1-2H3. The maximum atomic E-state index is 11.4. The number of hydrogen-bond acceptors (Lipinski definition) is 3. The van der Waals surface area contributed by atoms with Gasteiger partial charge >= 0.3 is 0 Å². The second-order valence-corrected chi connectivity index (χ2v) is 5.12. The highest BCUT2D eigenvalue weighted by atomic mass is 35.5. The van der Waals surface area contributed by atoms with Gasteiger partial charge in [0.1, 0.15) is 5.02 Å². The molecule has 1 N–H and O–H groups in total. The van der Waals surface area contributed by atoms with Crippen LogP contribution in [0.2, 0.25) is 5.02 Å². The number of nitrogens with zero attached hydrogens (tertiary/aromatic N) is 1. The molecule has 0 aliphatic heterocycles. The molecular formula is C8H11ClN2O3S. The van der Waals surface area contributed by atoms with Crippen molar-refractivity contribution in [3.8, 4) is 0 Å². The molecule has 1 heterocycles. The first-order valence-electron chi connectivity index (χ1n) is 4.26. The Labute approximate surface area is 92.7 Å². The smallest absolute Gasteiger partial charge is 0.269 e. The van der Waals surface area contributed by atoms with Crippen LogP contribution < -0.4 is 10.3 Å². The molecule has 0 saturated carbocycles. The molecule has 0 saturated heterocycles. The Morgan fingerprint density at radius 3 is 2.60 bits per heavy atom. The van der Waals surface area contributed by atoms with E-state index in [4.69, 9.17) is 11.6 Å². The van der Waals surface area contributed by atoms with Crippen molar-refractivity contribution < 1.29 is 8.42 Å². The molecule has 1 aromatic rings. The summed E-state index contributed by atoms with van der Waals surface area (Å²) in [5, 5.41) is -0.104. The zero-order chi connectivity index (χ0) is 11.6. The van der Waals surface area contributed by atoms with E-state index in [1.807, 2.05) is 0 Å². The minimum atomic E-state index is -3.56. The maximum absolute atomic E-state index is 11.4. The van der Waals surface area contributed by atoms with Gasteiger partial charge in [-0.1, -0.05) is 11.6 Å². The summed E-state index contributed by atoms with van der Waals surface area (Å²) in [5.41, 5.74) is -0.394. The Bertz CT molecular complexity index is 521. The molecular weight excluding hydrogens is 240 g/mol. The number of sulfonamides is 1. The zero-order valence-electron chi connectivity index (χ0n) is 8.32. The molecule has 15 heavy (non-hydrogen) atoms. The lowest BCUT2D eigenvalue weighted by Gasteiger charge is -2.07. The zero-order valence-corrected chi connectivity index (χ0v) is 9.89. The SMILES string of the molecule is CCn1cc(S(=O)(=O)NC)cc(Cl)c1=O. The van der Waals surface area contributed by atoms with Gasteiger partial charge in [-0.15, -0.1) is 0 Å². The average molecular weight is 251 g/mol. The molecule has 0 unspecified atom stereocenters. The van der Waals surface area contributed by atoms with E-state index in [1.165, 1.54) is 17.8 Å². The largest absolute Gasteiger partial charge is 0.313 e. The highest BCUT2D eigenvalue weighted by Crippen LogP contribution is 2.11. The summed E-state index contributed by atoms with van der Waals surface area (Å²) < 4.78 is 26.3. The summed E-state index contributed by atoms with van der Waals surface area (Å²) in [4.78, 5) is 11.4. The topological polar surface area (TPSA) is 68.2 Å². The number of aromatic nitrogens is 1. The van der Waals surface area contributed by atoms with Crippen LogP contribution in [-0.4, -0.2) is 20.0 Å². The summed E-state index contributed by atoms with van der Waals surface area (Å²) in [5.74, 6) is 0. The van der Waals surface area contributed by atoms with Gasteiger partial charge in [-0.05, 0) is 20.0 Å². The minimum Gasteiger partial charge on any atom is -0.313 e. The Kier molecular flexibility index (Phi) is 3.54.